The van der Waals surface area contributed by atoms with E-state index >= 15 is 0 Å². The predicted molar refractivity (Wildman–Crippen MR) is 97.9 cm³/mol. The first-order valence-corrected chi connectivity index (χ1v) is 9.81. The van der Waals surface area contributed by atoms with Crippen LogP contribution in [0.15, 0.2) is 18.2 Å². The quantitative estimate of drug-likeness (QED) is 0.777. The minimum absolute atomic E-state index is 0.0159. The Bertz CT molecular complexity index is 765. The van der Waals surface area contributed by atoms with Crippen molar-refractivity contribution in [3.63, 3.8) is 0 Å². The number of hydrogen-bond acceptors (Lipinski definition) is 5. The lowest BCUT2D eigenvalue weighted by molar-refractivity contribution is -0.157. The first-order chi connectivity index (χ1) is 13.0. The van der Waals surface area contributed by atoms with E-state index in [9.17, 15) is 14.4 Å². The van der Waals surface area contributed by atoms with Gasteiger partial charge in [0.15, 0.2) is 6.61 Å². The highest BCUT2D eigenvalue weighted by Gasteiger charge is 2.64. The molecule has 6 heteroatoms. The van der Waals surface area contributed by atoms with Crippen LogP contribution in [0.3, 0.4) is 0 Å². The highest BCUT2D eigenvalue weighted by atomic mass is 16.6. The highest BCUT2D eigenvalue weighted by molar-refractivity contribution is 5.95. The van der Waals surface area contributed by atoms with Crippen molar-refractivity contribution in [2.45, 2.75) is 45.6 Å². The minimum atomic E-state index is -0.455. The Hall–Kier alpha value is -2.37. The van der Waals surface area contributed by atoms with Gasteiger partial charge in [0.05, 0.1) is 11.8 Å². The van der Waals surface area contributed by atoms with Crippen LogP contribution in [0.5, 0.6) is 0 Å². The first kappa shape index (κ1) is 18.0. The van der Waals surface area contributed by atoms with Crippen LogP contribution in [0.25, 0.3) is 0 Å². The largest absolute Gasteiger partial charge is 0.462 e. The number of esters is 2. The molecule has 4 rings (SSSR count). The van der Waals surface area contributed by atoms with Gasteiger partial charge in [0.1, 0.15) is 6.10 Å². The van der Waals surface area contributed by atoms with Gasteiger partial charge in [0.25, 0.3) is 5.91 Å². The van der Waals surface area contributed by atoms with Crippen LogP contribution in [0.2, 0.25) is 0 Å². The van der Waals surface area contributed by atoms with E-state index in [1.165, 1.54) is 0 Å². The van der Waals surface area contributed by atoms with Crippen LogP contribution in [-0.4, -0.2) is 30.6 Å². The second kappa shape index (κ2) is 6.98. The Morgan fingerprint density at radius 2 is 1.89 bits per heavy atom. The molecule has 3 fully saturated rings. The molecule has 5 atom stereocenters. The summed E-state index contributed by atoms with van der Waals surface area (Å²) in [6.07, 6.45) is 3.18. The average molecular weight is 371 g/mol. The van der Waals surface area contributed by atoms with Crippen molar-refractivity contribution in [2.75, 3.05) is 11.9 Å². The number of fused-ring (bicyclic) bond motifs is 1. The smallest absolute Gasteiger partial charge is 0.310 e. The minimum Gasteiger partial charge on any atom is -0.462 e. The van der Waals surface area contributed by atoms with Crippen molar-refractivity contribution >= 4 is 23.5 Å². The summed E-state index contributed by atoms with van der Waals surface area (Å²) in [6, 6.07) is 5.95. The maximum Gasteiger partial charge on any atom is 0.310 e. The molecule has 1 aromatic rings. The Kier molecular flexibility index (Phi) is 4.66. The maximum atomic E-state index is 12.6. The number of carbonyl (C=O) groups is 3. The number of anilines is 1. The third-order valence-corrected chi connectivity index (χ3v) is 6.36. The molecular weight excluding hydrogens is 346 g/mol. The number of rotatable bonds is 6. The van der Waals surface area contributed by atoms with Crippen LogP contribution in [-0.2, 0) is 36.7 Å². The Morgan fingerprint density at radius 3 is 2.56 bits per heavy atom. The fraction of sp³-hybridized carbons (Fsp3) is 0.571. The van der Waals surface area contributed by atoms with Crippen molar-refractivity contribution in [3.8, 4) is 0 Å². The SMILES string of the molecule is CCc1cccc(CC)c1NC(=O)COC(=O)[C@@H]1[C@@H]2C[C@@H]3[C@@H]1C(=O)O[C@@H]3C2. The molecule has 144 valence electrons. The molecule has 2 aliphatic carbocycles. The van der Waals surface area contributed by atoms with Crippen LogP contribution in [0, 0.1) is 23.7 Å². The van der Waals surface area contributed by atoms with Crippen LogP contribution < -0.4 is 5.32 Å². The number of amides is 1. The molecule has 1 saturated heterocycles. The molecule has 3 aliphatic rings. The zero-order valence-electron chi connectivity index (χ0n) is 15.7. The molecule has 2 saturated carbocycles. The lowest BCUT2D eigenvalue weighted by atomic mass is 9.80. The maximum absolute atomic E-state index is 12.6. The zero-order valence-corrected chi connectivity index (χ0v) is 15.7. The van der Waals surface area contributed by atoms with Crippen molar-refractivity contribution in [1.29, 1.82) is 0 Å². The molecule has 1 heterocycles. The normalized spacial score (nSPS) is 30.3. The van der Waals surface area contributed by atoms with Gasteiger partial charge in [-0.3, -0.25) is 14.4 Å². The molecule has 27 heavy (non-hydrogen) atoms. The van der Waals surface area contributed by atoms with Crippen molar-refractivity contribution in [3.05, 3.63) is 29.3 Å². The summed E-state index contributed by atoms with van der Waals surface area (Å²) >= 11 is 0. The molecule has 6 nitrogen and oxygen atoms in total. The summed E-state index contributed by atoms with van der Waals surface area (Å²) in [5.74, 6) is -1.62. The molecule has 1 aliphatic heterocycles. The highest BCUT2D eigenvalue weighted by Crippen LogP contribution is 2.57. The number of nitrogens with one attached hydrogen (secondary N) is 1. The number of ether oxygens (including phenoxy) is 2. The third kappa shape index (κ3) is 3.01. The zero-order chi connectivity index (χ0) is 19.1. The number of hydrogen-bond donors (Lipinski definition) is 1. The summed E-state index contributed by atoms with van der Waals surface area (Å²) in [6.45, 7) is 3.74. The van der Waals surface area contributed by atoms with E-state index < -0.39 is 11.9 Å². The van der Waals surface area contributed by atoms with E-state index in [0.29, 0.717) is 0 Å². The Labute approximate surface area is 158 Å². The molecule has 0 aromatic heterocycles. The van der Waals surface area contributed by atoms with Gasteiger partial charge in [0, 0.05) is 11.6 Å². The first-order valence-electron chi connectivity index (χ1n) is 9.81. The lowest BCUT2D eigenvalue weighted by Gasteiger charge is -2.22. The van der Waals surface area contributed by atoms with Gasteiger partial charge in [-0.15, -0.1) is 0 Å². The standard InChI is InChI=1S/C21H25NO5/c1-3-11-6-5-7-12(4-2)19(11)22-16(23)10-26-20(24)17-13-8-14-15(9-13)27-21(25)18(14)17/h5-7,13-15,17-18H,3-4,8-10H2,1-2H3,(H,22,23)/t13-,14+,15-,17-,18+/m1/s1. The van der Waals surface area contributed by atoms with Crippen LogP contribution in [0.4, 0.5) is 5.69 Å². The van der Waals surface area contributed by atoms with Gasteiger partial charge in [0.2, 0.25) is 0 Å². The summed E-state index contributed by atoms with van der Waals surface area (Å²) in [5.41, 5.74) is 2.93. The summed E-state index contributed by atoms with van der Waals surface area (Å²) in [7, 11) is 0. The Morgan fingerprint density at radius 1 is 1.19 bits per heavy atom. The van der Waals surface area contributed by atoms with Gasteiger partial charge in [-0.2, -0.15) is 0 Å². The van der Waals surface area contributed by atoms with Crippen molar-refractivity contribution < 1.29 is 23.9 Å². The summed E-state index contributed by atoms with van der Waals surface area (Å²) < 4.78 is 10.6. The molecule has 1 amide bonds. The summed E-state index contributed by atoms with van der Waals surface area (Å²) in [4.78, 5) is 37.0. The number of para-hydroxylation sites is 1. The van der Waals surface area contributed by atoms with Crippen molar-refractivity contribution in [2.24, 2.45) is 23.7 Å². The second-order valence-corrected chi connectivity index (χ2v) is 7.74. The van der Waals surface area contributed by atoms with E-state index in [-0.39, 0.29) is 42.3 Å². The topological polar surface area (TPSA) is 81.7 Å². The molecule has 0 radical (unpaired) electrons. The van der Waals surface area contributed by atoms with Crippen molar-refractivity contribution in [1.82, 2.24) is 0 Å². The Balaban J connectivity index is 1.38. The van der Waals surface area contributed by atoms with E-state index in [1.54, 1.807) is 0 Å². The van der Waals surface area contributed by atoms with Gasteiger partial charge >= 0.3 is 11.9 Å². The van der Waals surface area contributed by atoms with E-state index in [0.717, 1.165) is 42.5 Å². The van der Waals surface area contributed by atoms with Gasteiger partial charge in [-0.05, 0) is 42.7 Å². The predicted octanol–water partition coefficient (Wildman–Crippen LogP) is 2.49. The van der Waals surface area contributed by atoms with Crippen LogP contribution >= 0.6 is 0 Å². The van der Waals surface area contributed by atoms with E-state index in [1.807, 2.05) is 32.0 Å². The molecular formula is C21H25NO5. The number of carbonyl (C=O) groups excluding carboxylic acids is 3. The summed E-state index contributed by atoms with van der Waals surface area (Å²) in [5, 5.41) is 2.90. The molecule has 0 unspecified atom stereocenters. The third-order valence-electron chi connectivity index (χ3n) is 6.36. The van der Waals surface area contributed by atoms with Crippen LogP contribution in [0.1, 0.15) is 37.8 Å². The fourth-order valence-electron chi connectivity index (χ4n) is 5.14. The molecule has 1 aromatic carbocycles. The number of benzene rings is 1. The van der Waals surface area contributed by atoms with Gasteiger partial charge in [-0.25, -0.2) is 0 Å². The van der Waals surface area contributed by atoms with E-state index in [2.05, 4.69) is 5.32 Å². The lowest BCUT2D eigenvalue weighted by Crippen LogP contribution is -2.35. The average Bonchev–Trinajstić information content (AvgIpc) is 3.28. The molecule has 0 spiro atoms. The second-order valence-electron chi connectivity index (χ2n) is 7.74. The molecule has 2 bridgehead atoms. The van der Waals surface area contributed by atoms with Gasteiger partial charge < -0.3 is 14.8 Å². The molecule has 1 N–H and O–H groups in total. The van der Waals surface area contributed by atoms with E-state index in [4.69, 9.17) is 9.47 Å². The number of aryl methyl sites for hydroxylation is 2. The van der Waals surface area contributed by atoms with Gasteiger partial charge in [-0.1, -0.05) is 32.0 Å². The fourth-order valence-corrected chi connectivity index (χ4v) is 5.14. The monoisotopic (exact) mass is 371 g/mol.